The Bertz CT molecular complexity index is 1870. The largest absolute Gasteiger partial charge is 0.475 e. The van der Waals surface area contributed by atoms with Crippen molar-refractivity contribution in [2.24, 2.45) is 0 Å². The number of ether oxygens (including phenoxy) is 3. The first kappa shape index (κ1) is 29.8. The Kier molecular flexibility index (Phi) is 8.37. The molecule has 2 N–H and O–H groups in total. The van der Waals surface area contributed by atoms with Crippen LogP contribution in [0.25, 0.3) is 32.9 Å². The number of halogens is 2. The van der Waals surface area contributed by atoms with E-state index in [0.717, 1.165) is 5.56 Å². The normalized spacial score (nSPS) is 13.6. The highest BCUT2D eigenvalue weighted by Crippen LogP contribution is 2.44. The van der Waals surface area contributed by atoms with Gasteiger partial charge in [-0.1, -0.05) is 37.7 Å². The fraction of sp³-hybridized carbons (Fsp3) is 0.312. The number of hydrogen-bond acceptors (Lipinski definition) is 10. The first-order chi connectivity index (χ1) is 21.4. The minimum Gasteiger partial charge on any atom is -0.475 e. The van der Waals surface area contributed by atoms with Crippen LogP contribution in [0.1, 0.15) is 37.9 Å². The van der Waals surface area contributed by atoms with Crippen molar-refractivity contribution in [3.8, 4) is 22.9 Å². The van der Waals surface area contributed by atoms with Crippen LogP contribution in [0.5, 0.6) is 11.6 Å². The van der Waals surface area contributed by atoms with Crippen LogP contribution in [-0.4, -0.2) is 52.7 Å². The fourth-order valence-electron chi connectivity index (χ4n) is 5.69. The molecule has 228 valence electrons. The first-order valence-corrected chi connectivity index (χ1v) is 15.4. The average molecular weight is 619 g/mol. The number of aryl methyl sites for hydroxylation is 1. The van der Waals surface area contributed by atoms with E-state index in [0.29, 0.717) is 68.5 Å². The SMILES string of the molecule is CCSc1nc2c3c(nc(-c4cc(OCOC)cc5ccc(F)c(CC)c45)c(F)c3n1)OCCN2C(C)c1cccnc1N. The maximum atomic E-state index is 17.0. The molecule has 4 heterocycles. The summed E-state index contributed by atoms with van der Waals surface area (Å²) >= 11 is 1.40. The van der Waals surface area contributed by atoms with Crippen molar-refractivity contribution in [3.63, 3.8) is 0 Å². The number of nitrogen functional groups attached to an aromatic ring is 1. The van der Waals surface area contributed by atoms with E-state index < -0.39 is 5.82 Å². The van der Waals surface area contributed by atoms with E-state index in [1.807, 2.05) is 37.8 Å². The number of hydrogen-bond donors (Lipinski definition) is 1. The summed E-state index contributed by atoms with van der Waals surface area (Å²) in [6.45, 7) is 6.50. The molecule has 0 bridgehead atoms. The summed E-state index contributed by atoms with van der Waals surface area (Å²) in [4.78, 5) is 20.5. The quantitative estimate of drug-likeness (QED) is 0.109. The number of nitrogens with two attached hydrogens (primary N) is 1. The molecule has 2 aromatic carbocycles. The molecule has 0 saturated carbocycles. The molecule has 1 atom stereocenters. The van der Waals surface area contributed by atoms with Gasteiger partial charge in [-0.05, 0) is 59.7 Å². The van der Waals surface area contributed by atoms with E-state index in [1.54, 1.807) is 24.4 Å². The molecule has 0 fully saturated rings. The predicted molar refractivity (Wildman–Crippen MR) is 168 cm³/mol. The van der Waals surface area contributed by atoms with Gasteiger partial charge in [-0.2, -0.15) is 0 Å². The Morgan fingerprint density at radius 1 is 1.11 bits per heavy atom. The van der Waals surface area contributed by atoms with Gasteiger partial charge < -0.3 is 24.8 Å². The van der Waals surface area contributed by atoms with E-state index in [2.05, 4.69) is 9.97 Å². The van der Waals surface area contributed by atoms with E-state index in [1.165, 1.54) is 24.9 Å². The number of aromatic nitrogens is 4. The number of nitrogens with zero attached hydrogens (tertiary/aromatic N) is 5. The Balaban J connectivity index is 1.64. The molecule has 44 heavy (non-hydrogen) atoms. The standard InChI is InChI=1S/C32H32F2N6O3S/c1-5-20-23(33)10-9-18-14-19(43-16-41-4)15-22(24(18)20)27-26(34)28-25-30(39-32(38-28)44-6-2)40(12-13-42-31(25)37-27)17(3)21-8-7-11-36-29(21)35/h7-11,14-15,17H,5-6,12-13,16H2,1-4H3,(H2,35,36). The van der Waals surface area contributed by atoms with Crippen molar-refractivity contribution in [1.82, 2.24) is 19.9 Å². The van der Waals surface area contributed by atoms with Gasteiger partial charge in [-0.3, -0.25) is 0 Å². The van der Waals surface area contributed by atoms with Gasteiger partial charge in [0, 0.05) is 24.4 Å². The minimum absolute atomic E-state index is 0.0155. The third kappa shape index (κ3) is 5.22. The number of thioether (sulfide) groups is 1. The summed E-state index contributed by atoms with van der Waals surface area (Å²) < 4.78 is 49.1. The van der Waals surface area contributed by atoms with Crippen molar-refractivity contribution >= 4 is 45.1 Å². The van der Waals surface area contributed by atoms with Crippen LogP contribution in [-0.2, 0) is 11.2 Å². The zero-order valence-corrected chi connectivity index (χ0v) is 25.7. The number of rotatable bonds is 9. The number of benzene rings is 2. The molecule has 0 aliphatic carbocycles. The van der Waals surface area contributed by atoms with Crippen LogP contribution in [0.15, 0.2) is 47.8 Å². The summed E-state index contributed by atoms with van der Waals surface area (Å²) in [5.74, 6) is 1.15. The predicted octanol–water partition coefficient (Wildman–Crippen LogP) is 6.72. The highest BCUT2D eigenvalue weighted by atomic mass is 32.2. The average Bonchev–Trinajstić information content (AvgIpc) is 3.21. The second kappa shape index (κ2) is 12.4. The van der Waals surface area contributed by atoms with Crippen LogP contribution in [0.2, 0.25) is 0 Å². The topological polar surface area (TPSA) is 109 Å². The van der Waals surface area contributed by atoms with Gasteiger partial charge >= 0.3 is 0 Å². The number of anilines is 2. The van der Waals surface area contributed by atoms with Crippen LogP contribution in [0.4, 0.5) is 20.4 Å². The lowest BCUT2D eigenvalue weighted by atomic mass is 9.94. The van der Waals surface area contributed by atoms with Crippen LogP contribution >= 0.6 is 11.8 Å². The Labute approximate surface area is 257 Å². The van der Waals surface area contributed by atoms with E-state index in [9.17, 15) is 0 Å². The third-order valence-electron chi connectivity index (χ3n) is 7.71. The Morgan fingerprint density at radius 3 is 2.70 bits per heavy atom. The third-order valence-corrected chi connectivity index (χ3v) is 8.44. The Morgan fingerprint density at radius 2 is 1.95 bits per heavy atom. The molecule has 5 aromatic rings. The second-order valence-corrected chi connectivity index (χ2v) is 11.5. The maximum Gasteiger partial charge on any atom is 0.227 e. The molecular formula is C32H32F2N6O3S. The van der Waals surface area contributed by atoms with Crippen molar-refractivity contribution in [3.05, 3.63) is 65.4 Å². The summed E-state index contributed by atoms with van der Waals surface area (Å²) in [5.41, 5.74) is 7.92. The number of pyridine rings is 2. The summed E-state index contributed by atoms with van der Waals surface area (Å²) in [7, 11) is 1.51. The number of fused-ring (bicyclic) bond motifs is 1. The monoisotopic (exact) mass is 618 g/mol. The van der Waals surface area contributed by atoms with Crippen LogP contribution in [0, 0.1) is 11.6 Å². The molecule has 0 amide bonds. The van der Waals surface area contributed by atoms with Crippen LogP contribution < -0.4 is 20.1 Å². The molecule has 1 aliphatic heterocycles. The van der Waals surface area contributed by atoms with Gasteiger partial charge in [0.25, 0.3) is 0 Å². The van der Waals surface area contributed by atoms with Crippen molar-refractivity contribution < 1.29 is 23.0 Å². The second-order valence-electron chi connectivity index (χ2n) is 10.3. The molecule has 0 spiro atoms. The smallest absolute Gasteiger partial charge is 0.227 e. The van der Waals surface area contributed by atoms with E-state index in [4.69, 9.17) is 29.9 Å². The molecule has 6 rings (SSSR count). The summed E-state index contributed by atoms with van der Waals surface area (Å²) in [6.07, 6.45) is 2.03. The van der Waals surface area contributed by atoms with Crippen molar-refractivity contribution in [1.29, 1.82) is 0 Å². The maximum absolute atomic E-state index is 17.0. The number of methoxy groups -OCH3 is 1. The summed E-state index contributed by atoms with van der Waals surface area (Å²) in [5, 5.41) is 2.00. The molecule has 1 aliphatic rings. The highest BCUT2D eigenvalue weighted by Gasteiger charge is 2.31. The molecule has 0 saturated heterocycles. The molecule has 9 nitrogen and oxygen atoms in total. The van der Waals surface area contributed by atoms with Gasteiger partial charge in [-0.15, -0.1) is 0 Å². The minimum atomic E-state index is -0.666. The van der Waals surface area contributed by atoms with Gasteiger partial charge in [0.15, 0.2) is 17.8 Å². The Hall–Kier alpha value is -4.29. The zero-order valence-electron chi connectivity index (χ0n) is 24.9. The van der Waals surface area contributed by atoms with Gasteiger partial charge in [0.2, 0.25) is 5.88 Å². The van der Waals surface area contributed by atoms with E-state index >= 15 is 8.78 Å². The molecule has 1 unspecified atom stereocenters. The summed E-state index contributed by atoms with van der Waals surface area (Å²) in [6, 6.07) is 9.98. The fourth-order valence-corrected chi connectivity index (χ4v) is 6.26. The lowest BCUT2D eigenvalue weighted by Crippen LogP contribution is -2.31. The van der Waals surface area contributed by atoms with Crippen molar-refractivity contribution in [2.75, 3.05) is 43.4 Å². The molecule has 0 radical (unpaired) electrons. The zero-order chi connectivity index (χ0) is 31.0. The van der Waals surface area contributed by atoms with Gasteiger partial charge in [0.05, 0.1) is 12.6 Å². The molecule has 12 heteroatoms. The van der Waals surface area contributed by atoms with Crippen molar-refractivity contribution in [2.45, 2.75) is 38.4 Å². The highest BCUT2D eigenvalue weighted by molar-refractivity contribution is 7.99. The molecule has 3 aromatic heterocycles. The lowest BCUT2D eigenvalue weighted by molar-refractivity contribution is 0.0512. The van der Waals surface area contributed by atoms with Gasteiger partial charge in [0.1, 0.15) is 46.4 Å². The first-order valence-electron chi connectivity index (χ1n) is 14.4. The van der Waals surface area contributed by atoms with E-state index in [-0.39, 0.29) is 42.3 Å². The van der Waals surface area contributed by atoms with Crippen LogP contribution in [0.3, 0.4) is 0 Å². The lowest BCUT2D eigenvalue weighted by Gasteiger charge is -2.30. The van der Waals surface area contributed by atoms with Gasteiger partial charge in [-0.25, -0.2) is 28.7 Å². The molecular weight excluding hydrogens is 586 g/mol.